The van der Waals surface area contributed by atoms with E-state index < -0.39 is 11.7 Å². The molecule has 5 heteroatoms. The minimum absolute atomic E-state index is 0.192. The van der Waals surface area contributed by atoms with E-state index in [1.165, 1.54) is 12.1 Å². The summed E-state index contributed by atoms with van der Waals surface area (Å²) in [5, 5.41) is 3.26. The Labute approximate surface area is 105 Å². The standard InChI is InChI=1S/C13H17F3N2/c1-9-7-17-8-10(2)18(9)12-5-3-4-11(6-12)13(14,15)16/h3-6,9-10,17H,7-8H2,1-2H3. The highest BCUT2D eigenvalue weighted by Gasteiger charge is 2.32. The second-order valence-corrected chi connectivity index (χ2v) is 4.81. The number of rotatable bonds is 1. The Balaban J connectivity index is 2.32. The first-order valence-electron chi connectivity index (χ1n) is 6.06. The topological polar surface area (TPSA) is 15.3 Å². The second kappa shape index (κ2) is 4.80. The van der Waals surface area contributed by atoms with Gasteiger partial charge >= 0.3 is 6.18 Å². The van der Waals surface area contributed by atoms with Crippen LogP contribution < -0.4 is 10.2 Å². The first-order valence-corrected chi connectivity index (χ1v) is 6.06. The van der Waals surface area contributed by atoms with Gasteiger partial charge in [-0.2, -0.15) is 13.2 Å². The average Bonchev–Trinajstić information content (AvgIpc) is 2.28. The molecule has 0 spiro atoms. The van der Waals surface area contributed by atoms with E-state index in [-0.39, 0.29) is 12.1 Å². The molecule has 1 heterocycles. The Kier molecular flexibility index (Phi) is 3.52. The molecular formula is C13H17F3N2. The number of halogens is 3. The molecule has 1 aliphatic heterocycles. The van der Waals surface area contributed by atoms with E-state index in [1.54, 1.807) is 6.07 Å². The summed E-state index contributed by atoms with van der Waals surface area (Å²) in [5.41, 5.74) is 0.0595. The third-order valence-electron chi connectivity index (χ3n) is 3.30. The largest absolute Gasteiger partial charge is 0.416 e. The van der Waals surface area contributed by atoms with Crippen LogP contribution in [0.25, 0.3) is 0 Å². The van der Waals surface area contributed by atoms with Crippen LogP contribution in [0.2, 0.25) is 0 Å². The summed E-state index contributed by atoms with van der Waals surface area (Å²) < 4.78 is 38.1. The maximum Gasteiger partial charge on any atom is 0.416 e. The van der Waals surface area contributed by atoms with Gasteiger partial charge in [-0.25, -0.2) is 0 Å². The van der Waals surface area contributed by atoms with Crippen LogP contribution in [0.3, 0.4) is 0 Å². The molecule has 2 nitrogen and oxygen atoms in total. The highest BCUT2D eigenvalue weighted by atomic mass is 19.4. The SMILES string of the molecule is CC1CNCC(C)N1c1cccc(C(F)(F)F)c1. The summed E-state index contributed by atoms with van der Waals surface area (Å²) in [7, 11) is 0. The van der Waals surface area contributed by atoms with Crippen LogP contribution in [0.15, 0.2) is 24.3 Å². The third kappa shape index (κ3) is 2.61. The lowest BCUT2D eigenvalue weighted by Crippen LogP contribution is -2.55. The zero-order valence-electron chi connectivity index (χ0n) is 10.5. The fraction of sp³-hybridized carbons (Fsp3) is 0.538. The maximum absolute atomic E-state index is 12.7. The van der Waals surface area contributed by atoms with Crippen LogP contribution in [0.4, 0.5) is 18.9 Å². The summed E-state index contributed by atoms with van der Waals surface area (Å²) in [6.07, 6.45) is -4.28. The number of hydrogen-bond donors (Lipinski definition) is 1. The molecule has 2 atom stereocenters. The van der Waals surface area contributed by atoms with Crippen LogP contribution in [0.1, 0.15) is 19.4 Å². The van der Waals surface area contributed by atoms with Crippen molar-refractivity contribution < 1.29 is 13.2 Å². The molecule has 18 heavy (non-hydrogen) atoms. The molecule has 1 aromatic carbocycles. The van der Waals surface area contributed by atoms with Gasteiger partial charge in [0.2, 0.25) is 0 Å². The van der Waals surface area contributed by atoms with Gasteiger partial charge in [0.1, 0.15) is 0 Å². The van der Waals surface area contributed by atoms with Gasteiger partial charge in [-0.15, -0.1) is 0 Å². The number of benzene rings is 1. The monoisotopic (exact) mass is 258 g/mol. The quantitative estimate of drug-likeness (QED) is 0.833. The van der Waals surface area contributed by atoms with Crippen molar-refractivity contribution in [3.63, 3.8) is 0 Å². The molecule has 0 radical (unpaired) electrons. The number of anilines is 1. The normalized spacial score (nSPS) is 25.3. The van der Waals surface area contributed by atoms with Gasteiger partial charge in [-0.1, -0.05) is 6.07 Å². The van der Waals surface area contributed by atoms with Crippen molar-refractivity contribution in [1.29, 1.82) is 0 Å². The second-order valence-electron chi connectivity index (χ2n) is 4.81. The highest BCUT2D eigenvalue weighted by molar-refractivity contribution is 5.51. The molecular weight excluding hydrogens is 241 g/mol. The first-order chi connectivity index (χ1) is 8.39. The molecule has 1 fully saturated rings. The Hall–Kier alpha value is -1.23. The molecule has 0 aromatic heterocycles. The van der Waals surface area contributed by atoms with Crippen LogP contribution in [-0.2, 0) is 6.18 Å². The minimum Gasteiger partial charge on any atom is -0.364 e. The lowest BCUT2D eigenvalue weighted by atomic mass is 10.1. The summed E-state index contributed by atoms with van der Waals surface area (Å²) >= 11 is 0. The number of hydrogen-bond acceptors (Lipinski definition) is 2. The molecule has 0 saturated carbocycles. The zero-order valence-corrected chi connectivity index (χ0v) is 10.5. The molecule has 1 aromatic rings. The molecule has 100 valence electrons. The van der Waals surface area contributed by atoms with Crippen molar-refractivity contribution in [1.82, 2.24) is 5.32 Å². The number of nitrogens with one attached hydrogen (secondary N) is 1. The molecule has 1 aliphatic rings. The Morgan fingerprint density at radius 3 is 2.33 bits per heavy atom. The number of piperazine rings is 1. The van der Waals surface area contributed by atoms with Crippen LogP contribution in [-0.4, -0.2) is 25.2 Å². The summed E-state index contributed by atoms with van der Waals surface area (Å²) in [4.78, 5) is 2.05. The van der Waals surface area contributed by atoms with E-state index in [0.717, 1.165) is 19.2 Å². The van der Waals surface area contributed by atoms with Gasteiger partial charge in [0, 0.05) is 30.9 Å². The Morgan fingerprint density at radius 1 is 1.17 bits per heavy atom. The van der Waals surface area contributed by atoms with Crippen LogP contribution >= 0.6 is 0 Å². The summed E-state index contributed by atoms with van der Waals surface area (Å²) in [6, 6.07) is 5.95. The molecule has 1 saturated heterocycles. The summed E-state index contributed by atoms with van der Waals surface area (Å²) in [5.74, 6) is 0. The van der Waals surface area contributed by atoms with Gasteiger partial charge in [0.25, 0.3) is 0 Å². The van der Waals surface area contributed by atoms with E-state index in [4.69, 9.17) is 0 Å². The smallest absolute Gasteiger partial charge is 0.364 e. The van der Waals surface area contributed by atoms with Crippen molar-refractivity contribution in [3.8, 4) is 0 Å². The predicted molar refractivity (Wildman–Crippen MR) is 65.7 cm³/mol. The number of nitrogens with zero attached hydrogens (tertiary/aromatic N) is 1. The van der Waals surface area contributed by atoms with Gasteiger partial charge in [0.05, 0.1) is 5.56 Å². The fourth-order valence-electron chi connectivity index (χ4n) is 2.48. The van der Waals surface area contributed by atoms with Crippen molar-refractivity contribution >= 4 is 5.69 Å². The first kappa shape index (κ1) is 13.2. The highest BCUT2D eigenvalue weighted by Crippen LogP contribution is 2.32. The van der Waals surface area contributed by atoms with Gasteiger partial charge in [-0.3, -0.25) is 0 Å². The zero-order chi connectivity index (χ0) is 13.3. The van der Waals surface area contributed by atoms with Crippen LogP contribution in [0, 0.1) is 0 Å². The maximum atomic E-state index is 12.7. The Bertz CT molecular complexity index is 407. The summed E-state index contributed by atoms with van der Waals surface area (Å²) in [6.45, 7) is 5.62. The third-order valence-corrected chi connectivity index (χ3v) is 3.30. The van der Waals surface area contributed by atoms with Crippen molar-refractivity contribution in [2.75, 3.05) is 18.0 Å². The van der Waals surface area contributed by atoms with Crippen molar-refractivity contribution in [3.05, 3.63) is 29.8 Å². The van der Waals surface area contributed by atoms with E-state index in [0.29, 0.717) is 5.69 Å². The molecule has 2 unspecified atom stereocenters. The van der Waals surface area contributed by atoms with E-state index in [2.05, 4.69) is 5.32 Å². The molecule has 0 amide bonds. The predicted octanol–water partition coefficient (Wildman–Crippen LogP) is 2.89. The van der Waals surface area contributed by atoms with Crippen LogP contribution in [0.5, 0.6) is 0 Å². The molecule has 1 N–H and O–H groups in total. The van der Waals surface area contributed by atoms with Gasteiger partial charge in [-0.05, 0) is 32.0 Å². The van der Waals surface area contributed by atoms with Gasteiger partial charge in [0.15, 0.2) is 0 Å². The van der Waals surface area contributed by atoms with E-state index >= 15 is 0 Å². The van der Waals surface area contributed by atoms with E-state index in [9.17, 15) is 13.2 Å². The fourth-order valence-corrected chi connectivity index (χ4v) is 2.48. The van der Waals surface area contributed by atoms with Gasteiger partial charge < -0.3 is 10.2 Å². The lowest BCUT2D eigenvalue weighted by Gasteiger charge is -2.41. The molecule has 0 aliphatic carbocycles. The molecule has 2 rings (SSSR count). The van der Waals surface area contributed by atoms with Crippen molar-refractivity contribution in [2.24, 2.45) is 0 Å². The molecule has 0 bridgehead atoms. The van der Waals surface area contributed by atoms with Crippen molar-refractivity contribution in [2.45, 2.75) is 32.1 Å². The number of alkyl halides is 3. The minimum atomic E-state index is -4.28. The average molecular weight is 258 g/mol. The Morgan fingerprint density at radius 2 is 1.78 bits per heavy atom. The van der Waals surface area contributed by atoms with E-state index in [1.807, 2.05) is 18.7 Å². The lowest BCUT2D eigenvalue weighted by molar-refractivity contribution is -0.137.